The third-order valence-corrected chi connectivity index (χ3v) is 9.85. The Hall–Kier alpha value is -2.53. The van der Waals surface area contributed by atoms with Crippen molar-refractivity contribution >= 4 is 34.4 Å². The first-order chi connectivity index (χ1) is 19.5. The number of hydrogen-bond donors (Lipinski definition) is 0. The number of pyridine rings is 1. The first-order valence-electron chi connectivity index (χ1n) is 14.9. The molecule has 0 aromatic carbocycles. The SMILES string of the molecule is CC(C)(C)OC(=O)N1[C@@H]2CC[C@H]1[C@H]1CCCc3nc(Cl)c(F)c4nc(OC[C@@]56CCCN5C[C@H](F)C6)nc(c34)N1C2. The lowest BCUT2D eigenvalue weighted by atomic mass is 9.93. The monoisotopic (exact) mass is 590 g/mol. The second kappa shape index (κ2) is 9.76. The number of amides is 1. The molecule has 5 aliphatic heterocycles. The average Bonchev–Trinajstić information content (AvgIpc) is 3.53. The van der Waals surface area contributed by atoms with E-state index in [1.807, 2.05) is 25.7 Å². The minimum Gasteiger partial charge on any atom is -0.461 e. The van der Waals surface area contributed by atoms with Gasteiger partial charge in [0.05, 0.1) is 34.7 Å². The highest BCUT2D eigenvalue weighted by molar-refractivity contribution is 6.30. The fourth-order valence-corrected chi connectivity index (χ4v) is 8.18. The molecule has 7 heterocycles. The number of aryl methyl sites for hydroxylation is 1. The lowest BCUT2D eigenvalue weighted by molar-refractivity contribution is 0.00699. The number of ether oxygens (including phenoxy) is 2. The molecule has 0 saturated carbocycles. The normalized spacial score (nSPS) is 31.2. The van der Waals surface area contributed by atoms with Crippen LogP contribution in [0.15, 0.2) is 0 Å². The topological polar surface area (TPSA) is 83.9 Å². The molecule has 0 spiro atoms. The summed E-state index contributed by atoms with van der Waals surface area (Å²) in [6.07, 6.45) is 5.02. The average molecular weight is 591 g/mol. The molecule has 0 unspecified atom stereocenters. The molecular weight excluding hydrogens is 554 g/mol. The van der Waals surface area contributed by atoms with E-state index in [1.165, 1.54) is 0 Å². The number of halogens is 3. The van der Waals surface area contributed by atoms with Crippen LogP contribution in [0.5, 0.6) is 6.01 Å². The van der Waals surface area contributed by atoms with Crippen LogP contribution in [0, 0.1) is 5.82 Å². The van der Waals surface area contributed by atoms with Crippen LogP contribution in [-0.4, -0.2) is 92.5 Å². The minimum absolute atomic E-state index is 0.0230. The summed E-state index contributed by atoms with van der Waals surface area (Å²) in [4.78, 5) is 33.4. The van der Waals surface area contributed by atoms with E-state index >= 15 is 4.39 Å². The lowest BCUT2D eigenvalue weighted by Gasteiger charge is -2.48. The number of alkyl halides is 1. The molecule has 7 rings (SSSR count). The van der Waals surface area contributed by atoms with E-state index in [2.05, 4.69) is 19.8 Å². The lowest BCUT2D eigenvalue weighted by Crippen LogP contribution is -2.62. The van der Waals surface area contributed by atoms with Crippen molar-refractivity contribution in [1.82, 2.24) is 24.8 Å². The van der Waals surface area contributed by atoms with Gasteiger partial charge in [0.15, 0.2) is 11.0 Å². The van der Waals surface area contributed by atoms with Gasteiger partial charge in [-0.1, -0.05) is 11.6 Å². The summed E-state index contributed by atoms with van der Waals surface area (Å²) in [5.41, 5.74) is -0.205. The third-order valence-electron chi connectivity index (χ3n) is 9.60. The van der Waals surface area contributed by atoms with Crippen molar-refractivity contribution in [2.75, 3.05) is 31.1 Å². The maximum Gasteiger partial charge on any atom is 0.410 e. The van der Waals surface area contributed by atoms with Crippen LogP contribution < -0.4 is 9.64 Å². The molecule has 4 fully saturated rings. The van der Waals surface area contributed by atoms with Crippen molar-refractivity contribution in [2.45, 2.75) is 108 Å². The van der Waals surface area contributed by atoms with E-state index < -0.39 is 17.6 Å². The molecule has 222 valence electrons. The Labute approximate surface area is 243 Å². The van der Waals surface area contributed by atoms with Crippen molar-refractivity contribution in [3.63, 3.8) is 0 Å². The summed E-state index contributed by atoms with van der Waals surface area (Å²) in [7, 11) is 0. The number of piperazine rings is 1. The van der Waals surface area contributed by atoms with Crippen molar-refractivity contribution in [1.29, 1.82) is 0 Å². The van der Waals surface area contributed by atoms with Crippen LogP contribution in [0.4, 0.5) is 19.4 Å². The van der Waals surface area contributed by atoms with Gasteiger partial charge in [-0.05, 0) is 72.3 Å². The Bertz CT molecular complexity index is 1390. The van der Waals surface area contributed by atoms with Gasteiger partial charge >= 0.3 is 12.1 Å². The van der Waals surface area contributed by atoms with Gasteiger partial charge in [-0.3, -0.25) is 9.80 Å². The number of anilines is 1. The fraction of sp³-hybridized carbons (Fsp3) is 0.724. The summed E-state index contributed by atoms with van der Waals surface area (Å²) >= 11 is 6.26. The number of nitrogens with zero attached hydrogens (tertiary/aromatic N) is 6. The Balaban J connectivity index is 1.27. The Morgan fingerprint density at radius 1 is 1.12 bits per heavy atom. The molecule has 4 saturated heterocycles. The zero-order chi connectivity index (χ0) is 28.7. The standard InChI is InChI=1S/C29H37ClF2N6O3/c1-28(2,3)41-27(39)38-17-8-9-20(38)19-7-4-6-18-21-23(22(32)24(30)33-18)34-26(35-25(21)37(19)14-17)40-15-29-10-5-11-36(29)13-16(31)12-29/h16-17,19-20H,4-15H2,1-3H3/t16-,17-,19-,20+,29+/m1/s1. The number of aromatic nitrogens is 3. The summed E-state index contributed by atoms with van der Waals surface area (Å²) in [5.74, 6) is -0.124. The second-order valence-electron chi connectivity index (χ2n) is 13.4. The molecule has 12 heteroatoms. The summed E-state index contributed by atoms with van der Waals surface area (Å²) in [5, 5.41) is 0.339. The van der Waals surface area contributed by atoms with Gasteiger partial charge in [-0.15, -0.1) is 0 Å². The molecule has 0 N–H and O–H groups in total. The van der Waals surface area contributed by atoms with Crippen LogP contribution in [0.3, 0.4) is 0 Å². The maximum atomic E-state index is 15.6. The van der Waals surface area contributed by atoms with E-state index in [4.69, 9.17) is 26.1 Å². The number of carbonyl (C=O) groups excluding carboxylic acids is 1. The molecule has 2 aromatic heterocycles. The van der Waals surface area contributed by atoms with Gasteiger partial charge in [0, 0.05) is 19.5 Å². The highest BCUT2D eigenvalue weighted by Gasteiger charge is 2.51. The quantitative estimate of drug-likeness (QED) is 0.459. The van der Waals surface area contributed by atoms with Crippen molar-refractivity contribution in [2.24, 2.45) is 0 Å². The zero-order valence-electron chi connectivity index (χ0n) is 23.8. The number of fused-ring (bicyclic) bond motifs is 6. The van der Waals surface area contributed by atoms with Gasteiger partial charge in [0.1, 0.15) is 29.7 Å². The number of hydrogen-bond acceptors (Lipinski definition) is 8. The Morgan fingerprint density at radius 2 is 1.95 bits per heavy atom. The first kappa shape index (κ1) is 27.3. The molecule has 2 aromatic rings. The Kier molecular flexibility index (Phi) is 6.50. The van der Waals surface area contributed by atoms with Crippen molar-refractivity contribution in [3.05, 3.63) is 16.7 Å². The first-order valence-corrected chi connectivity index (χ1v) is 15.3. The van der Waals surface area contributed by atoms with Crippen molar-refractivity contribution in [3.8, 4) is 6.01 Å². The van der Waals surface area contributed by atoms with Gasteiger partial charge in [0.2, 0.25) is 0 Å². The van der Waals surface area contributed by atoms with Gasteiger partial charge in [-0.2, -0.15) is 9.97 Å². The second-order valence-corrected chi connectivity index (χ2v) is 13.7. The molecular formula is C29H37ClF2N6O3. The van der Waals surface area contributed by atoms with E-state index in [1.54, 1.807) is 0 Å². The predicted molar refractivity (Wildman–Crippen MR) is 150 cm³/mol. The van der Waals surface area contributed by atoms with E-state index in [0.717, 1.165) is 45.1 Å². The summed E-state index contributed by atoms with van der Waals surface area (Å²) in [6, 6.07) is -0.0653. The largest absolute Gasteiger partial charge is 0.461 e. The molecule has 5 aliphatic rings. The van der Waals surface area contributed by atoms with Crippen LogP contribution in [0.2, 0.25) is 5.15 Å². The fourth-order valence-electron chi connectivity index (χ4n) is 7.98. The highest BCUT2D eigenvalue weighted by atomic mass is 35.5. The van der Waals surface area contributed by atoms with Gasteiger partial charge < -0.3 is 14.4 Å². The molecule has 5 atom stereocenters. The van der Waals surface area contributed by atoms with Crippen LogP contribution in [0.1, 0.15) is 71.4 Å². The maximum absolute atomic E-state index is 15.6. The minimum atomic E-state index is -0.882. The van der Waals surface area contributed by atoms with Crippen LogP contribution in [-0.2, 0) is 11.2 Å². The predicted octanol–water partition coefficient (Wildman–Crippen LogP) is 5.07. The smallest absolute Gasteiger partial charge is 0.410 e. The molecule has 0 radical (unpaired) electrons. The Morgan fingerprint density at radius 3 is 2.76 bits per heavy atom. The highest BCUT2D eigenvalue weighted by Crippen LogP contribution is 2.44. The van der Waals surface area contributed by atoms with Crippen molar-refractivity contribution < 1.29 is 23.0 Å². The van der Waals surface area contributed by atoms with E-state index in [0.29, 0.717) is 42.8 Å². The molecule has 41 heavy (non-hydrogen) atoms. The number of rotatable bonds is 3. The van der Waals surface area contributed by atoms with E-state index in [-0.39, 0.29) is 53.0 Å². The third kappa shape index (κ3) is 4.58. The molecule has 2 bridgehead atoms. The summed E-state index contributed by atoms with van der Waals surface area (Å²) in [6.45, 7) is 7.68. The molecule has 9 nitrogen and oxygen atoms in total. The zero-order valence-corrected chi connectivity index (χ0v) is 24.6. The van der Waals surface area contributed by atoms with E-state index in [9.17, 15) is 9.18 Å². The van der Waals surface area contributed by atoms with Gasteiger partial charge in [-0.25, -0.2) is 18.6 Å². The summed E-state index contributed by atoms with van der Waals surface area (Å²) < 4.78 is 42.0. The number of carbonyl (C=O) groups is 1. The van der Waals surface area contributed by atoms with Gasteiger partial charge in [0.25, 0.3) is 0 Å². The van der Waals surface area contributed by atoms with Crippen LogP contribution in [0.25, 0.3) is 10.9 Å². The van der Waals surface area contributed by atoms with Crippen LogP contribution >= 0.6 is 11.6 Å². The molecule has 1 amide bonds. The molecule has 0 aliphatic carbocycles.